The van der Waals surface area contributed by atoms with Crippen LogP contribution in [0.2, 0.25) is 0 Å². The molecule has 0 bridgehead atoms. The van der Waals surface area contributed by atoms with E-state index in [1.54, 1.807) is 0 Å². The minimum Gasteiger partial charge on any atom is -0.309 e. The van der Waals surface area contributed by atoms with Gasteiger partial charge >= 0.3 is 0 Å². The summed E-state index contributed by atoms with van der Waals surface area (Å²) in [4.78, 5) is 10.8. The predicted octanol–water partition coefficient (Wildman–Crippen LogP) is 16.5. The van der Waals surface area contributed by atoms with Gasteiger partial charge in [0.15, 0.2) is 5.82 Å². The van der Waals surface area contributed by atoms with Crippen molar-refractivity contribution < 1.29 is 0 Å². The summed E-state index contributed by atoms with van der Waals surface area (Å²) in [6, 6.07) is 81.4. The van der Waals surface area contributed by atoms with Crippen LogP contribution in [-0.2, 0) is 5.41 Å². The van der Waals surface area contributed by atoms with Crippen molar-refractivity contribution in [2.45, 2.75) is 19.3 Å². The third kappa shape index (κ3) is 5.97. The molecule has 3 heteroatoms. The topological polar surface area (TPSA) is 30.7 Å². The normalized spacial score (nSPS) is 12.8. The number of nitrogens with zero attached hydrogens (tertiary/aromatic N) is 3. The van der Waals surface area contributed by atoms with Gasteiger partial charge in [0, 0.05) is 38.6 Å². The van der Waals surface area contributed by atoms with Crippen molar-refractivity contribution in [2.24, 2.45) is 0 Å². The van der Waals surface area contributed by atoms with E-state index in [2.05, 4.69) is 237 Å². The molecule has 0 saturated heterocycles. The maximum absolute atomic E-state index is 5.38. The zero-order valence-corrected chi connectivity index (χ0v) is 36.7. The van der Waals surface area contributed by atoms with Crippen molar-refractivity contribution in [1.82, 2.24) is 14.5 Å². The predicted molar refractivity (Wildman–Crippen MR) is 276 cm³/mol. The Morgan fingerprint density at radius 1 is 0.348 bits per heavy atom. The van der Waals surface area contributed by atoms with Crippen molar-refractivity contribution in [1.29, 1.82) is 0 Å². The molecule has 0 atom stereocenters. The van der Waals surface area contributed by atoms with Gasteiger partial charge < -0.3 is 4.57 Å². The molecule has 0 amide bonds. The fourth-order valence-corrected chi connectivity index (χ4v) is 10.8. The van der Waals surface area contributed by atoms with Crippen molar-refractivity contribution in [3.05, 3.63) is 236 Å². The second kappa shape index (κ2) is 14.8. The molecule has 10 aromatic carbocycles. The van der Waals surface area contributed by atoms with Gasteiger partial charge in [0.2, 0.25) is 0 Å². The summed E-state index contributed by atoms with van der Waals surface area (Å²) in [5.41, 5.74) is 18.3. The molecule has 13 rings (SSSR count). The monoisotopic (exact) mass is 841 g/mol. The van der Waals surface area contributed by atoms with E-state index >= 15 is 0 Å². The first-order valence-electron chi connectivity index (χ1n) is 22.8. The number of aromatic nitrogens is 3. The molecule has 2 aromatic heterocycles. The first kappa shape index (κ1) is 38.1. The Balaban J connectivity index is 0.949. The van der Waals surface area contributed by atoms with Crippen LogP contribution in [0.4, 0.5) is 0 Å². The van der Waals surface area contributed by atoms with E-state index in [9.17, 15) is 0 Å². The Bertz CT molecular complexity index is 3900. The molecule has 0 N–H and O–H groups in total. The smallest absolute Gasteiger partial charge is 0.160 e. The average molecular weight is 842 g/mol. The SMILES string of the molecule is CC1(C)c2cc3ccccc3cc2-c2c(-c3cc(-c4ccc(-c5cccc(-c6ccc7c(c6)c6ccccc6n7-c6ccccc6)c5)c5ccccc45)nc(-c4ccccc4)n3)cccc21. The fraction of sp³-hybridized carbons (Fsp3) is 0.0476. The molecule has 310 valence electrons. The van der Waals surface area contributed by atoms with Crippen LogP contribution in [0.25, 0.3) is 116 Å². The lowest BCUT2D eigenvalue weighted by Gasteiger charge is -2.22. The zero-order valence-electron chi connectivity index (χ0n) is 36.7. The van der Waals surface area contributed by atoms with Crippen LogP contribution in [0.3, 0.4) is 0 Å². The molecule has 0 unspecified atom stereocenters. The average Bonchev–Trinajstić information content (AvgIpc) is 3.83. The van der Waals surface area contributed by atoms with Crippen LogP contribution in [0, 0.1) is 0 Å². The fourth-order valence-electron chi connectivity index (χ4n) is 10.8. The highest BCUT2D eigenvalue weighted by Gasteiger charge is 2.37. The summed E-state index contributed by atoms with van der Waals surface area (Å²) in [7, 11) is 0. The zero-order chi connectivity index (χ0) is 43.9. The van der Waals surface area contributed by atoms with Crippen LogP contribution >= 0.6 is 0 Å². The number of rotatable bonds is 6. The highest BCUT2D eigenvalue weighted by atomic mass is 15.0. The lowest BCUT2D eigenvalue weighted by atomic mass is 9.81. The van der Waals surface area contributed by atoms with Gasteiger partial charge in [-0.15, -0.1) is 0 Å². The minimum absolute atomic E-state index is 0.165. The van der Waals surface area contributed by atoms with E-state index in [0.717, 1.165) is 39.2 Å². The van der Waals surface area contributed by atoms with Gasteiger partial charge in [0.1, 0.15) is 0 Å². The second-order valence-electron chi connectivity index (χ2n) is 18.1. The first-order valence-corrected chi connectivity index (χ1v) is 22.8. The Morgan fingerprint density at radius 2 is 0.939 bits per heavy atom. The highest BCUT2D eigenvalue weighted by molar-refractivity contribution is 6.11. The van der Waals surface area contributed by atoms with E-state index in [1.807, 2.05) is 6.07 Å². The maximum atomic E-state index is 5.38. The van der Waals surface area contributed by atoms with Crippen molar-refractivity contribution in [3.63, 3.8) is 0 Å². The summed E-state index contributed by atoms with van der Waals surface area (Å²) in [5, 5.41) is 7.33. The van der Waals surface area contributed by atoms with Crippen LogP contribution in [0.1, 0.15) is 25.0 Å². The van der Waals surface area contributed by atoms with E-state index in [0.29, 0.717) is 5.82 Å². The van der Waals surface area contributed by atoms with Crippen molar-refractivity contribution in [3.8, 4) is 73.0 Å². The molecule has 3 nitrogen and oxygen atoms in total. The summed E-state index contributed by atoms with van der Waals surface area (Å²) in [6.45, 7) is 4.70. The number of hydrogen-bond donors (Lipinski definition) is 0. The molecule has 66 heavy (non-hydrogen) atoms. The second-order valence-corrected chi connectivity index (χ2v) is 18.1. The molecular weight excluding hydrogens is 799 g/mol. The Morgan fingerprint density at radius 3 is 1.74 bits per heavy atom. The Kier molecular flexibility index (Phi) is 8.56. The van der Waals surface area contributed by atoms with Gasteiger partial charge in [-0.2, -0.15) is 0 Å². The summed E-state index contributed by atoms with van der Waals surface area (Å²) >= 11 is 0. The number of hydrogen-bond acceptors (Lipinski definition) is 2. The van der Waals surface area contributed by atoms with Crippen molar-refractivity contribution >= 4 is 43.4 Å². The van der Waals surface area contributed by atoms with Crippen molar-refractivity contribution in [2.75, 3.05) is 0 Å². The van der Waals surface area contributed by atoms with Gasteiger partial charge in [-0.3, -0.25) is 0 Å². The molecule has 0 fully saturated rings. The van der Waals surface area contributed by atoms with E-state index in [4.69, 9.17) is 9.97 Å². The largest absolute Gasteiger partial charge is 0.309 e. The molecule has 1 aliphatic rings. The van der Waals surface area contributed by atoms with Crippen LogP contribution in [-0.4, -0.2) is 14.5 Å². The minimum atomic E-state index is -0.165. The number of benzene rings is 10. The van der Waals surface area contributed by atoms with Gasteiger partial charge in [0.05, 0.1) is 22.4 Å². The Labute approximate surface area is 384 Å². The molecule has 0 saturated carbocycles. The molecule has 1 aliphatic carbocycles. The van der Waals surface area contributed by atoms with Crippen LogP contribution in [0.5, 0.6) is 0 Å². The van der Waals surface area contributed by atoms with E-state index < -0.39 is 0 Å². The molecule has 12 aromatic rings. The molecular formula is C63H43N3. The van der Waals surface area contributed by atoms with E-state index in [-0.39, 0.29) is 5.41 Å². The lowest BCUT2D eigenvalue weighted by Crippen LogP contribution is -2.14. The van der Waals surface area contributed by atoms with Gasteiger partial charge in [-0.05, 0) is 121 Å². The van der Waals surface area contributed by atoms with Crippen LogP contribution < -0.4 is 0 Å². The molecule has 0 spiro atoms. The highest BCUT2D eigenvalue weighted by Crippen LogP contribution is 2.53. The first-order chi connectivity index (χ1) is 32.5. The third-order valence-electron chi connectivity index (χ3n) is 14.0. The van der Waals surface area contributed by atoms with Gasteiger partial charge in [-0.25, -0.2) is 9.97 Å². The standard InChI is InChI=1S/C63H43N3/c1-63(2)55-29-16-28-52(61(55)54-37-42-19-9-10-20-43(42)38-56(54)63)58-39-57(64-62(65-58)40-17-5-3-6-18-40)50-33-32-47(48-25-11-12-26-49(48)50)45-22-15-21-41(35-45)44-31-34-60-53(36-44)51-27-13-14-30-59(51)66(60)46-23-7-4-8-24-46/h3-39H,1-2H3. The summed E-state index contributed by atoms with van der Waals surface area (Å²) in [5.74, 6) is 0.710. The molecule has 2 heterocycles. The van der Waals surface area contributed by atoms with E-state index in [1.165, 1.54) is 82.5 Å². The lowest BCUT2D eigenvalue weighted by molar-refractivity contribution is 0.661. The van der Waals surface area contributed by atoms with Gasteiger partial charge in [0.25, 0.3) is 0 Å². The summed E-state index contributed by atoms with van der Waals surface area (Å²) < 4.78 is 2.37. The quantitative estimate of drug-likeness (QED) is 0.167. The third-order valence-corrected chi connectivity index (χ3v) is 14.0. The Hall–Kier alpha value is -8.40. The number of fused-ring (bicyclic) bond motifs is 8. The number of para-hydroxylation sites is 2. The maximum Gasteiger partial charge on any atom is 0.160 e. The van der Waals surface area contributed by atoms with Crippen LogP contribution in [0.15, 0.2) is 224 Å². The summed E-state index contributed by atoms with van der Waals surface area (Å²) in [6.07, 6.45) is 0. The molecule has 0 radical (unpaired) electrons. The van der Waals surface area contributed by atoms with Gasteiger partial charge in [-0.1, -0.05) is 184 Å². The molecule has 0 aliphatic heterocycles.